The van der Waals surface area contributed by atoms with Gasteiger partial charge in [0.2, 0.25) is 0 Å². The molecule has 2 N–H and O–H groups in total. The van der Waals surface area contributed by atoms with Gasteiger partial charge in [0.1, 0.15) is 0 Å². The van der Waals surface area contributed by atoms with Gasteiger partial charge in [-0.1, -0.05) is 6.07 Å². The molecule has 10 heteroatoms. The third-order valence-electron chi connectivity index (χ3n) is 3.95. The summed E-state index contributed by atoms with van der Waals surface area (Å²) in [6, 6.07) is 4.21. The van der Waals surface area contributed by atoms with Gasteiger partial charge in [-0.05, 0) is 31.5 Å². The summed E-state index contributed by atoms with van der Waals surface area (Å²) in [7, 11) is 2.80. The molecule has 0 amide bonds. The van der Waals surface area contributed by atoms with Crippen molar-refractivity contribution in [1.82, 2.24) is 20.4 Å². The lowest BCUT2D eigenvalue weighted by molar-refractivity contribution is -0.142. The Kier molecular flexibility index (Phi) is 6.87. The Bertz CT molecular complexity index is 832. The molecule has 1 aromatic heterocycles. The number of aliphatic imine (C=N–C) groups is 1. The van der Waals surface area contributed by atoms with Crippen molar-refractivity contribution >= 4 is 5.96 Å². The van der Waals surface area contributed by atoms with Gasteiger partial charge in [0, 0.05) is 25.4 Å². The van der Waals surface area contributed by atoms with Crippen LogP contribution in [0.1, 0.15) is 36.7 Å². The molecule has 2 aromatic rings. The van der Waals surface area contributed by atoms with Crippen LogP contribution >= 0.6 is 0 Å². The first-order chi connectivity index (χ1) is 13.2. The van der Waals surface area contributed by atoms with E-state index in [2.05, 4.69) is 20.7 Å². The number of hydrogen-bond acceptors (Lipinski definition) is 3. The number of ether oxygens (including phenoxy) is 1. The normalized spacial score (nSPS) is 13.4. The second-order valence-corrected chi connectivity index (χ2v) is 6.13. The van der Waals surface area contributed by atoms with E-state index in [-0.39, 0.29) is 23.9 Å². The van der Waals surface area contributed by atoms with Gasteiger partial charge in [-0.3, -0.25) is 4.68 Å². The molecule has 1 atom stereocenters. The summed E-state index contributed by atoms with van der Waals surface area (Å²) < 4.78 is 59.1. The molecule has 0 spiro atoms. The van der Waals surface area contributed by atoms with Crippen LogP contribution in [0, 0.1) is 5.82 Å². The number of alkyl halides is 3. The first-order valence-electron chi connectivity index (χ1n) is 8.63. The van der Waals surface area contributed by atoms with Crippen molar-refractivity contribution in [2.24, 2.45) is 12.0 Å². The zero-order valence-corrected chi connectivity index (χ0v) is 16.1. The molecule has 0 radical (unpaired) electrons. The fourth-order valence-corrected chi connectivity index (χ4v) is 2.62. The van der Waals surface area contributed by atoms with E-state index >= 15 is 0 Å². The number of nitrogens with zero attached hydrogens (tertiary/aromatic N) is 3. The molecule has 0 bridgehead atoms. The quantitative estimate of drug-likeness (QED) is 0.442. The standard InChI is InChI=1S/C18H23F4N5O/c1-5-23-17(24-9-13-10-27(3)26-16(13)18(20,21)22)25-11(2)12-6-7-15(28-4)14(19)8-12/h6-8,10-11H,5,9H2,1-4H3,(H2,23,24,25). The predicted molar refractivity (Wildman–Crippen MR) is 97.5 cm³/mol. The van der Waals surface area contributed by atoms with Gasteiger partial charge in [-0.25, -0.2) is 9.38 Å². The highest BCUT2D eigenvalue weighted by molar-refractivity contribution is 5.80. The van der Waals surface area contributed by atoms with Gasteiger partial charge in [0.15, 0.2) is 23.2 Å². The smallest absolute Gasteiger partial charge is 0.435 e. The summed E-state index contributed by atoms with van der Waals surface area (Å²) >= 11 is 0. The van der Waals surface area contributed by atoms with Crippen LogP contribution in [0.2, 0.25) is 0 Å². The highest BCUT2D eigenvalue weighted by atomic mass is 19.4. The molecule has 0 fully saturated rings. The molecule has 0 saturated carbocycles. The average molecular weight is 401 g/mol. The highest BCUT2D eigenvalue weighted by Crippen LogP contribution is 2.30. The van der Waals surface area contributed by atoms with Crippen molar-refractivity contribution in [2.45, 2.75) is 32.6 Å². The average Bonchev–Trinajstić information content (AvgIpc) is 3.01. The van der Waals surface area contributed by atoms with Crippen molar-refractivity contribution in [3.63, 3.8) is 0 Å². The van der Waals surface area contributed by atoms with Crippen molar-refractivity contribution in [2.75, 3.05) is 13.7 Å². The Morgan fingerprint density at radius 1 is 1.36 bits per heavy atom. The van der Waals surface area contributed by atoms with Gasteiger partial charge in [0.25, 0.3) is 0 Å². The van der Waals surface area contributed by atoms with Gasteiger partial charge in [0.05, 0.1) is 19.7 Å². The summed E-state index contributed by atoms with van der Waals surface area (Å²) in [4.78, 5) is 4.22. The molecule has 2 rings (SSSR count). The first kappa shape index (κ1) is 21.5. The van der Waals surface area contributed by atoms with E-state index in [1.807, 2.05) is 6.92 Å². The predicted octanol–water partition coefficient (Wildman–Crippen LogP) is 3.40. The highest BCUT2D eigenvalue weighted by Gasteiger charge is 2.36. The van der Waals surface area contributed by atoms with Crippen LogP contribution < -0.4 is 15.4 Å². The van der Waals surface area contributed by atoms with Crippen LogP contribution in [0.15, 0.2) is 29.4 Å². The third-order valence-corrected chi connectivity index (χ3v) is 3.95. The number of guanidine groups is 1. The largest absolute Gasteiger partial charge is 0.494 e. The molecule has 6 nitrogen and oxygen atoms in total. The minimum absolute atomic E-state index is 0.0321. The molecule has 0 saturated heterocycles. The SMILES string of the molecule is CCNC(=NCc1cn(C)nc1C(F)(F)F)NC(C)c1ccc(OC)c(F)c1. The molecule has 0 aliphatic heterocycles. The molecule has 0 aliphatic carbocycles. The number of aryl methyl sites for hydroxylation is 1. The lowest BCUT2D eigenvalue weighted by Gasteiger charge is -2.18. The minimum Gasteiger partial charge on any atom is -0.494 e. The summed E-state index contributed by atoms with van der Waals surface area (Å²) in [5, 5.41) is 9.49. The van der Waals surface area contributed by atoms with Crippen LogP contribution in [-0.2, 0) is 19.8 Å². The summed E-state index contributed by atoms with van der Waals surface area (Å²) in [5.41, 5.74) is -0.350. The van der Waals surface area contributed by atoms with Crippen molar-refractivity contribution in [1.29, 1.82) is 0 Å². The summed E-state index contributed by atoms with van der Waals surface area (Å²) in [6.07, 6.45) is -3.26. The van der Waals surface area contributed by atoms with Crippen LogP contribution in [0.5, 0.6) is 5.75 Å². The number of halogens is 4. The second kappa shape index (κ2) is 8.94. The maximum atomic E-state index is 13.9. The zero-order valence-electron chi connectivity index (χ0n) is 16.1. The number of rotatable bonds is 6. The lowest BCUT2D eigenvalue weighted by atomic mass is 10.1. The maximum absolute atomic E-state index is 13.9. The second-order valence-electron chi connectivity index (χ2n) is 6.13. The van der Waals surface area contributed by atoms with Gasteiger partial charge in [-0.2, -0.15) is 18.3 Å². The van der Waals surface area contributed by atoms with Gasteiger partial charge >= 0.3 is 6.18 Å². The molecule has 154 valence electrons. The maximum Gasteiger partial charge on any atom is 0.435 e. The topological polar surface area (TPSA) is 63.5 Å². The minimum atomic E-state index is -4.55. The van der Waals surface area contributed by atoms with Crippen LogP contribution in [0.4, 0.5) is 17.6 Å². The first-order valence-corrected chi connectivity index (χ1v) is 8.63. The molecular weight excluding hydrogens is 378 g/mol. The number of aromatic nitrogens is 2. The lowest BCUT2D eigenvalue weighted by Crippen LogP contribution is -2.38. The number of benzene rings is 1. The van der Waals surface area contributed by atoms with Crippen molar-refractivity contribution < 1.29 is 22.3 Å². The Balaban J connectivity index is 2.18. The van der Waals surface area contributed by atoms with E-state index in [9.17, 15) is 17.6 Å². The molecule has 1 unspecified atom stereocenters. The molecule has 28 heavy (non-hydrogen) atoms. The summed E-state index contributed by atoms with van der Waals surface area (Å²) in [5.74, 6) is -0.0586. The Hall–Kier alpha value is -2.78. The van der Waals surface area contributed by atoms with Crippen LogP contribution in [0.25, 0.3) is 0 Å². The Labute approximate surface area is 160 Å². The molecule has 1 aromatic carbocycles. The number of hydrogen-bond donors (Lipinski definition) is 2. The van der Waals surface area contributed by atoms with E-state index in [0.29, 0.717) is 18.1 Å². The summed E-state index contributed by atoms with van der Waals surface area (Å²) in [6.45, 7) is 3.93. The molecule has 1 heterocycles. The van der Waals surface area contributed by atoms with E-state index in [1.54, 1.807) is 13.0 Å². The third kappa shape index (κ3) is 5.37. The molecule has 0 aliphatic rings. The van der Waals surface area contributed by atoms with E-state index in [4.69, 9.17) is 4.74 Å². The van der Waals surface area contributed by atoms with E-state index < -0.39 is 17.7 Å². The fraction of sp³-hybridized carbons (Fsp3) is 0.444. The van der Waals surface area contributed by atoms with E-state index in [0.717, 1.165) is 4.68 Å². The van der Waals surface area contributed by atoms with Crippen molar-refractivity contribution in [3.8, 4) is 5.75 Å². The molecular formula is C18H23F4N5O. The van der Waals surface area contributed by atoms with Gasteiger partial charge < -0.3 is 15.4 Å². The Morgan fingerprint density at radius 2 is 2.07 bits per heavy atom. The van der Waals surface area contributed by atoms with Crippen LogP contribution in [-0.4, -0.2) is 29.4 Å². The Morgan fingerprint density at radius 3 is 2.64 bits per heavy atom. The fourth-order valence-electron chi connectivity index (χ4n) is 2.62. The van der Waals surface area contributed by atoms with Crippen molar-refractivity contribution in [3.05, 3.63) is 47.0 Å². The monoisotopic (exact) mass is 401 g/mol. The van der Waals surface area contributed by atoms with E-state index in [1.165, 1.54) is 32.5 Å². The van der Waals surface area contributed by atoms with Crippen LogP contribution in [0.3, 0.4) is 0 Å². The zero-order chi connectivity index (χ0) is 20.9. The van der Waals surface area contributed by atoms with Gasteiger partial charge in [-0.15, -0.1) is 0 Å². The number of nitrogens with one attached hydrogen (secondary N) is 2. The number of methoxy groups -OCH3 is 1.